The molecule has 0 atom stereocenters. The van der Waals surface area contributed by atoms with Crippen molar-refractivity contribution in [1.29, 1.82) is 0 Å². The molecule has 0 aliphatic heterocycles. The van der Waals surface area contributed by atoms with Crippen LogP contribution in [0.5, 0.6) is 0 Å². The average molecular weight is 415 g/mol. The van der Waals surface area contributed by atoms with Gasteiger partial charge in [-0.2, -0.15) is 0 Å². The van der Waals surface area contributed by atoms with Crippen LogP contribution in [0.1, 0.15) is 5.56 Å². The maximum absolute atomic E-state index is 12.9. The molecule has 9 heteroatoms. The number of nitrogens with two attached hydrogens (primary N) is 2. The Morgan fingerprint density at radius 1 is 0.893 bits per heavy atom. The Bertz CT molecular complexity index is 1140. The summed E-state index contributed by atoms with van der Waals surface area (Å²) >= 11 is 1.24. The van der Waals surface area contributed by atoms with Gasteiger partial charge in [0.05, 0.1) is 26.1 Å². The van der Waals surface area contributed by atoms with E-state index in [-0.39, 0.29) is 26.9 Å². The number of nitro groups is 1. The summed E-state index contributed by atoms with van der Waals surface area (Å²) in [6, 6.07) is 15.4. The van der Waals surface area contributed by atoms with Crippen LogP contribution < -0.4 is 11.5 Å². The number of hydrogen-bond donors (Lipinski definition) is 2. The van der Waals surface area contributed by atoms with Gasteiger partial charge in [-0.15, -0.1) is 0 Å². The fraction of sp³-hybridized carbons (Fsp3) is 0.0526. The van der Waals surface area contributed by atoms with Gasteiger partial charge < -0.3 is 11.5 Å². The molecule has 0 saturated heterocycles. The van der Waals surface area contributed by atoms with E-state index in [1.165, 1.54) is 42.1 Å². The molecular formula is C19H17N3O4S2. The fourth-order valence-corrected chi connectivity index (χ4v) is 4.80. The summed E-state index contributed by atoms with van der Waals surface area (Å²) in [4.78, 5) is 11.6. The second kappa shape index (κ2) is 7.53. The molecule has 7 nitrogen and oxygen atoms in total. The van der Waals surface area contributed by atoms with Gasteiger partial charge in [-0.25, -0.2) is 8.42 Å². The number of nitrogen functional groups attached to an aromatic ring is 2. The van der Waals surface area contributed by atoms with Crippen LogP contribution in [0.15, 0.2) is 80.2 Å². The van der Waals surface area contributed by atoms with Crippen LogP contribution in [-0.4, -0.2) is 13.3 Å². The van der Waals surface area contributed by atoms with Crippen LogP contribution in [-0.2, 0) is 9.84 Å². The molecule has 0 spiro atoms. The zero-order valence-electron chi connectivity index (χ0n) is 14.8. The molecule has 0 aromatic heterocycles. The zero-order valence-corrected chi connectivity index (χ0v) is 16.5. The van der Waals surface area contributed by atoms with Gasteiger partial charge in [0.2, 0.25) is 9.84 Å². The summed E-state index contributed by atoms with van der Waals surface area (Å²) < 4.78 is 25.8. The number of aryl methyl sites for hydroxylation is 1. The highest BCUT2D eigenvalue weighted by Crippen LogP contribution is 2.39. The summed E-state index contributed by atoms with van der Waals surface area (Å²) in [6.45, 7) is 1.87. The first-order valence-corrected chi connectivity index (χ1v) is 10.4. The van der Waals surface area contributed by atoms with E-state index in [1.54, 1.807) is 30.3 Å². The highest BCUT2D eigenvalue weighted by Gasteiger charge is 2.23. The van der Waals surface area contributed by atoms with Gasteiger partial charge >= 0.3 is 0 Å². The van der Waals surface area contributed by atoms with E-state index in [9.17, 15) is 18.5 Å². The summed E-state index contributed by atoms with van der Waals surface area (Å²) in [5.41, 5.74) is 13.2. The number of sulfone groups is 1. The number of nitro benzene ring substituents is 1. The normalized spacial score (nSPS) is 11.3. The van der Waals surface area contributed by atoms with Crippen LogP contribution in [0.4, 0.5) is 17.1 Å². The average Bonchev–Trinajstić information content (AvgIpc) is 2.66. The molecule has 3 aromatic rings. The molecule has 0 aliphatic rings. The highest BCUT2D eigenvalue weighted by molar-refractivity contribution is 7.99. The Hall–Kier alpha value is -3.04. The maximum Gasteiger partial charge on any atom is 0.269 e. The smallest absolute Gasteiger partial charge is 0.269 e. The van der Waals surface area contributed by atoms with Crippen molar-refractivity contribution < 1.29 is 13.3 Å². The molecule has 28 heavy (non-hydrogen) atoms. The molecule has 0 fully saturated rings. The van der Waals surface area contributed by atoms with E-state index in [2.05, 4.69) is 0 Å². The van der Waals surface area contributed by atoms with E-state index in [1.807, 2.05) is 6.92 Å². The van der Waals surface area contributed by atoms with Gasteiger partial charge in [-0.05, 0) is 43.3 Å². The molecule has 0 heterocycles. The lowest BCUT2D eigenvalue weighted by Crippen LogP contribution is -2.08. The minimum atomic E-state index is -3.80. The molecule has 144 valence electrons. The number of benzene rings is 3. The maximum atomic E-state index is 12.9. The largest absolute Gasteiger partial charge is 0.396 e. The van der Waals surface area contributed by atoms with Crippen molar-refractivity contribution in [2.75, 3.05) is 11.5 Å². The van der Waals surface area contributed by atoms with E-state index in [0.29, 0.717) is 9.79 Å². The monoisotopic (exact) mass is 415 g/mol. The number of nitrogens with zero attached hydrogens (tertiary/aromatic N) is 1. The first-order valence-electron chi connectivity index (χ1n) is 8.12. The van der Waals surface area contributed by atoms with E-state index < -0.39 is 14.8 Å². The lowest BCUT2D eigenvalue weighted by molar-refractivity contribution is -0.384. The van der Waals surface area contributed by atoms with Crippen LogP contribution in [0.25, 0.3) is 0 Å². The molecule has 3 aromatic carbocycles. The van der Waals surface area contributed by atoms with Gasteiger partial charge in [0, 0.05) is 21.9 Å². The third-order valence-corrected chi connectivity index (χ3v) is 7.01. The minimum absolute atomic E-state index is 0.0172. The number of hydrogen-bond acceptors (Lipinski definition) is 7. The number of non-ortho nitro benzene ring substituents is 1. The summed E-state index contributed by atoms with van der Waals surface area (Å²) in [5.74, 6) is 0. The van der Waals surface area contributed by atoms with E-state index >= 15 is 0 Å². The van der Waals surface area contributed by atoms with Gasteiger partial charge in [0.1, 0.15) is 0 Å². The molecule has 0 aliphatic carbocycles. The minimum Gasteiger partial charge on any atom is -0.396 e. The Balaban J connectivity index is 1.94. The van der Waals surface area contributed by atoms with Crippen LogP contribution in [0.2, 0.25) is 0 Å². The van der Waals surface area contributed by atoms with Crippen molar-refractivity contribution in [1.82, 2.24) is 0 Å². The lowest BCUT2D eigenvalue weighted by atomic mass is 10.2. The van der Waals surface area contributed by atoms with Crippen molar-refractivity contribution in [3.05, 3.63) is 76.3 Å². The van der Waals surface area contributed by atoms with Crippen molar-refractivity contribution in [2.45, 2.75) is 26.5 Å². The van der Waals surface area contributed by atoms with Crippen molar-refractivity contribution >= 4 is 38.7 Å². The second-order valence-electron chi connectivity index (χ2n) is 6.06. The number of rotatable bonds is 5. The number of anilines is 2. The summed E-state index contributed by atoms with van der Waals surface area (Å²) in [5, 5.41) is 10.7. The predicted octanol–water partition coefficient (Wildman–Crippen LogP) is 4.05. The SMILES string of the molecule is Cc1ccc(S(=O)(=O)c2ccc(Sc3ccc([N+](=O)[O-])cc3)c(N)c2N)cc1. The van der Waals surface area contributed by atoms with Crippen LogP contribution in [0, 0.1) is 17.0 Å². The molecule has 0 bridgehead atoms. The van der Waals surface area contributed by atoms with Crippen molar-refractivity contribution in [2.24, 2.45) is 0 Å². The van der Waals surface area contributed by atoms with Gasteiger partial charge in [0.15, 0.2) is 0 Å². The molecular weight excluding hydrogens is 398 g/mol. The highest BCUT2D eigenvalue weighted by atomic mass is 32.2. The fourth-order valence-electron chi connectivity index (χ4n) is 2.53. The standard InChI is InChI=1S/C19H17N3O4S2/c1-12-2-8-15(9-3-12)28(25,26)17-11-10-16(18(20)19(17)21)27-14-6-4-13(5-7-14)22(23)24/h2-11H,20-21H2,1H3. The Morgan fingerprint density at radius 2 is 1.50 bits per heavy atom. The van der Waals surface area contributed by atoms with Crippen LogP contribution in [0.3, 0.4) is 0 Å². The topological polar surface area (TPSA) is 129 Å². The Labute approximate surface area is 166 Å². The predicted molar refractivity (Wildman–Crippen MR) is 109 cm³/mol. The first-order chi connectivity index (χ1) is 13.2. The Kier molecular flexibility index (Phi) is 5.30. The van der Waals surface area contributed by atoms with E-state index in [0.717, 1.165) is 5.56 Å². The summed E-state index contributed by atoms with van der Waals surface area (Å²) in [7, 11) is -3.80. The van der Waals surface area contributed by atoms with Crippen LogP contribution >= 0.6 is 11.8 Å². The molecule has 4 N–H and O–H groups in total. The molecule has 0 amide bonds. The molecule has 0 saturated carbocycles. The van der Waals surface area contributed by atoms with Crippen molar-refractivity contribution in [3.63, 3.8) is 0 Å². The van der Waals surface area contributed by atoms with Gasteiger partial charge in [0.25, 0.3) is 5.69 Å². The first kappa shape index (κ1) is 19.7. The lowest BCUT2D eigenvalue weighted by Gasteiger charge is -2.13. The van der Waals surface area contributed by atoms with E-state index in [4.69, 9.17) is 11.5 Å². The second-order valence-corrected chi connectivity index (χ2v) is 9.09. The summed E-state index contributed by atoms with van der Waals surface area (Å²) in [6.07, 6.45) is 0. The third kappa shape index (κ3) is 3.80. The Morgan fingerprint density at radius 3 is 2.07 bits per heavy atom. The molecule has 0 radical (unpaired) electrons. The molecule has 3 rings (SSSR count). The van der Waals surface area contributed by atoms with Crippen molar-refractivity contribution in [3.8, 4) is 0 Å². The van der Waals surface area contributed by atoms with Gasteiger partial charge in [-0.1, -0.05) is 29.5 Å². The zero-order chi connectivity index (χ0) is 20.5. The quantitative estimate of drug-likeness (QED) is 0.365. The van der Waals surface area contributed by atoms with Gasteiger partial charge in [-0.3, -0.25) is 10.1 Å². The third-order valence-electron chi connectivity index (χ3n) is 4.10. The molecule has 0 unspecified atom stereocenters.